The molecule has 0 saturated carbocycles. The van der Waals surface area contributed by atoms with Crippen LogP contribution in [0.3, 0.4) is 0 Å². The Hall–Kier alpha value is -4.26. The summed E-state index contributed by atoms with van der Waals surface area (Å²) in [5.74, 6) is -1.96. The van der Waals surface area contributed by atoms with E-state index in [-0.39, 0.29) is 17.1 Å². The van der Waals surface area contributed by atoms with Crippen LogP contribution in [0.2, 0.25) is 0 Å². The molecule has 0 aliphatic carbocycles. The van der Waals surface area contributed by atoms with Crippen LogP contribution >= 0.6 is 0 Å². The molecule has 0 bridgehead atoms. The molecule has 2 heterocycles. The van der Waals surface area contributed by atoms with Crippen LogP contribution in [0, 0.1) is 17.1 Å². The normalized spacial score (nSPS) is 18.2. The van der Waals surface area contributed by atoms with Gasteiger partial charge in [0.2, 0.25) is 0 Å². The molecule has 3 aromatic rings. The number of carbonyl (C=O) groups excluding carboxylic acids is 1. The molecular weight excluding hydrogens is 438 g/mol. The Morgan fingerprint density at radius 3 is 2.45 bits per heavy atom. The maximum atomic E-state index is 15.2. The minimum atomic E-state index is -4.79. The van der Waals surface area contributed by atoms with Crippen molar-refractivity contribution < 1.29 is 22.4 Å². The molecule has 1 aliphatic heterocycles. The van der Waals surface area contributed by atoms with Crippen LogP contribution in [0.4, 0.5) is 17.6 Å². The number of nitriles is 1. The van der Waals surface area contributed by atoms with Gasteiger partial charge in [-0.2, -0.15) is 18.4 Å². The molecule has 0 fully saturated rings. The van der Waals surface area contributed by atoms with E-state index < -0.39 is 29.1 Å². The highest BCUT2D eigenvalue weighted by Gasteiger charge is 2.52. The number of hydrogen-bond acceptors (Lipinski definition) is 5. The zero-order valence-corrected chi connectivity index (χ0v) is 17.1. The number of guanidine groups is 1. The summed E-state index contributed by atoms with van der Waals surface area (Å²) in [6, 6.07) is 14.2. The fourth-order valence-corrected chi connectivity index (χ4v) is 3.72. The molecule has 0 radical (unpaired) electrons. The molecule has 1 atom stereocenters. The molecule has 2 aromatic carbocycles. The van der Waals surface area contributed by atoms with E-state index in [9.17, 15) is 18.0 Å². The van der Waals surface area contributed by atoms with Crippen LogP contribution in [0.1, 0.15) is 22.4 Å². The number of hydrogen-bond donors (Lipinski definition) is 1. The lowest BCUT2D eigenvalue weighted by molar-refractivity contribution is -0.141. The number of nitrogens with two attached hydrogens (primary N) is 1. The zero-order valence-electron chi connectivity index (χ0n) is 17.1. The van der Waals surface area contributed by atoms with Gasteiger partial charge in [0.15, 0.2) is 11.5 Å². The third-order valence-corrected chi connectivity index (χ3v) is 5.39. The van der Waals surface area contributed by atoms with Gasteiger partial charge in [-0.25, -0.2) is 9.38 Å². The molecule has 0 saturated heterocycles. The molecule has 1 unspecified atom stereocenters. The van der Waals surface area contributed by atoms with Gasteiger partial charge in [-0.1, -0.05) is 18.2 Å². The summed E-state index contributed by atoms with van der Waals surface area (Å²) < 4.78 is 55.3. The number of likely N-dealkylation sites (N-methyl/N-ethyl adjacent to an activating group) is 1. The first kappa shape index (κ1) is 22.0. The summed E-state index contributed by atoms with van der Waals surface area (Å²) >= 11 is 0. The van der Waals surface area contributed by atoms with Gasteiger partial charge in [0, 0.05) is 18.8 Å². The Balaban J connectivity index is 2.00. The van der Waals surface area contributed by atoms with Gasteiger partial charge in [0.1, 0.15) is 11.5 Å². The Labute approximate surface area is 185 Å². The Bertz CT molecular complexity index is 1350. The molecule has 1 amide bonds. The Morgan fingerprint density at radius 1 is 1.09 bits per heavy atom. The van der Waals surface area contributed by atoms with Crippen molar-refractivity contribution in [3.05, 3.63) is 89.0 Å². The average molecular weight is 453 g/mol. The fraction of sp³-hybridized carbons (Fsp3) is 0.130. The fourth-order valence-electron chi connectivity index (χ4n) is 3.72. The average Bonchev–Trinajstić information content (AvgIpc) is 3.03. The minimum absolute atomic E-state index is 0.232. The molecule has 4 rings (SSSR count). The van der Waals surface area contributed by atoms with Crippen LogP contribution < -0.4 is 5.73 Å². The van der Waals surface area contributed by atoms with Crippen molar-refractivity contribution in [3.8, 4) is 17.2 Å². The molecule has 166 valence electrons. The second kappa shape index (κ2) is 7.70. The number of pyridine rings is 1. The summed E-state index contributed by atoms with van der Waals surface area (Å²) in [6.07, 6.45) is -3.91. The van der Waals surface area contributed by atoms with Crippen molar-refractivity contribution in [2.75, 3.05) is 7.05 Å². The second-order valence-corrected chi connectivity index (χ2v) is 7.36. The topological polar surface area (TPSA) is 95.4 Å². The van der Waals surface area contributed by atoms with Gasteiger partial charge in [-0.15, -0.1) is 0 Å². The van der Waals surface area contributed by atoms with Gasteiger partial charge in [-0.05, 0) is 53.1 Å². The first-order chi connectivity index (χ1) is 15.6. The van der Waals surface area contributed by atoms with Gasteiger partial charge < -0.3 is 5.73 Å². The predicted octanol–water partition coefficient (Wildman–Crippen LogP) is 3.81. The number of nitrogens with zero attached hydrogens (tertiary/aromatic N) is 4. The molecule has 6 nitrogen and oxygen atoms in total. The number of amides is 1. The van der Waals surface area contributed by atoms with Crippen molar-refractivity contribution in [2.24, 2.45) is 10.7 Å². The van der Waals surface area contributed by atoms with Gasteiger partial charge in [-0.3, -0.25) is 14.7 Å². The highest BCUT2D eigenvalue weighted by Crippen LogP contribution is 2.43. The van der Waals surface area contributed by atoms with E-state index in [0.29, 0.717) is 22.8 Å². The van der Waals surface area contributed by atoms with Crippen molar-refractivity contribution in [1.82, 2.24) is 9.88 Å². The van der Waals surface area contributed by atoms with E-state index in [2.05, 4.69) is 9.98 Å². The standard InChI is InChI=1S/C23H15F4N5O/c1-32-20(33)22(31-21(32)29,16-7-8-30-19(11-16)23(25,26)27)17-10-15(5-6-18(17)24)14-4-2-3-13(9-14)12-28/h2-11H,1H3,(H2,29,31). The largest absolute Gasteiger partial charge is 0.433 e. The summed E-state index contributed by atoms with van der Waals surface area (Å²) in [5, 5.41) is 9.17. The summed E-state index contributed by atoms with van der Waals surface area (Å²) in [5.41, 5.74) is 3.23. The second-order valence-electron chi connectivity index (χ2n) is 7.36. The van der Waals surface area contributed by atoms with E-state index in [1.165, 1.54) is 25.2 Å². The highest BCUT2D eigenvalue weighted by atomic mass is 19.4. The van der Waals surface area contributed by atoms with Crippen molar-refractivity contribution in [3.63, 3.8) is 0 Å². The van der Waals surface area contributed by atoms with Crippen LogP contribution in [-0.2, 0) is 16.5 Å². The summed E-state index contributed by atoms with van der Waals surface area (Å²) in [7, 11) is 1.30. The number of rotatable bonds is 3. The maximum absolute atomic E-state index is 15.2. The van der Waals surface area contributed by atoms with Gasteiger partial charge in [0.05, 0.1) is 11.6 Å². The molecule has 2 N–H and O–H groups in total. The van der Waals surface area contributed by atoms with E-state index in [4.69, 9.17) is 11.0 Å². The molecular formula is C23H15F4N5O. The Morgan fingerprint density at radius 2 is 1.82 bits per heavy atom. The SMILES string of the molecule is CN1C(=O)C(c2ccnc(C(F)(F)F)c2)(c2cc(-c3cccc(C#N)c3)ccc2F)N=C1N. The van der Waals surface area contributed by atoms with Crippen molar-refractivity contribution in [1.29, 1.82) is 5.26 Å². The number of aliphatic imine (C=N–C) groups is 1. The Kier molecular flexibility index (Phi) is 5.13. The number of carbonyl (C=O) groups is 1. The molecule has 10 heteroatoms. The first-order valence-electron chi connectivity index (χ1n) is 9.55. The number of benzene rings is 2. The lowest BCUT2D eigenvalue weighted by Gasteiger charge is -2.27. The van der Waals surface area contributed by atoms with Crippen molar-refractivity contribution in [2.45, 2.75) is 11.7 Å². The van der Waals surface area contributed by atoms with E-state index in [0.717, 1.165) is 17.2 Å². The third kappa shape index (κ3) is 3.57. The predicted molar refractivity (Wildman–Crippen MR) is 111 cm³/mol. The van der Waals surface area contributed by atoms with Crippen LogP contribution in [0.25, 0.3) is 11.1 Å². The van der Waals surface area contributed by atoms with Crippen molar-refractivity contribution >= 4 is 11.9 Å². The van der Waals surface area contributed by atoms with Crippen LogP contribution in [0.15, 0.2) is 65.8 Å². The molecule has 0 spiro atoms. The first-order valence-corrected chi connectivity index (χ1v) is 9.55. The lowest BCUT2D eigenvalue weighted by atomic mass is 9.81. The number of halogens is 4. The minimum Gasteiger partial charge on any atom is -0.369 e. The smallest absolute Gasteiger partial charge is 0.369 e. The monoisotopic (exact) mass is 453 g/mol. The third-order valence-electron chi connectivity index (χ3n) is 5.39. The highest BCUT2D eigenvalue weighted by molar-refractivity contribution is 6.09. The number of aromatic nitrogens is 1. The van der Waals surface area contributed by atoms with Crippen LogP contribution in [-0.4, -0.2) is 28.8 Å². The molecule has 33 heavy (non-hydrogen) atoms. The quantitative estimate of drug-likeness (QED) is 0.610. The van der Waals surface area contributed by atoms with Crippen LogP contribution in [0.5, 0.6) is 0 Å². The van der Waals surface area contributed by atoms with E-state index in [1.54, 1.807) is 24.3 Å². The lowest BCUT2D eigenvalue weighted by Crippen LogP contribution is -2.41. The molecule has 1 aromatic heterocycles. The van der Waals surface area contributed by atoms with E-state index >= 15 is 4.39 Å². The van der Waals surface area contributed by atoms with E-state index in [1.807, 2.05) is 6.07 Å². The van der Waals surface area contributed by atoms with Gasteiger partial charge in [0.25, 0.3) is 5.91 Å². The molecule has 1 aliphatic rings. The summed E-state index contributed by atoms with van der Waals surface area (Å²) in [6.45, 7) is 0. The number of alkyl halides is 3. The summed E-state index contributed by atoms with van der Waals surface area (Å²) in [4.78, 5) is 21.8. The van der Waals surface area contributed by atoms with Gasteiger partial charge >= 0.3 is 6.18 Å². The maximum Gasteiger partial charge on any atom is 0.433 e. The zero-order chi connectivity index (χ0) is 24.0.